The summed E-state index contributed by atoms with van der Waals surface area (Å²) in [5.41, 5.74) is 0.864. The summed E-state index contributed by atoms with van der Waals surface area (Å²) in [6.45, 7) is 9.13. The maximum absolute atomic E-state index is 14.2. The molecule has 3 atom stereocenters. The number of rotatable bonds is 9. The second-order valence-corrected chi connectivity index (χ2v) is 9.70. The highest BCUT2D eigenvalue weighted by Gasteiger charge is 2.40. The monoisotopic (exact) mass is 396 g/mol. The van der Waals surface area contributed by atoms with Gasteiger partial charge in [-0.25, -0.2) is 8.78 Å². The van der Waals surface area contributed by atoms with E-state index in [-0.39, 0.29) is 5.92 Å². The van der Waals surface area contributed by atoms with Crippen LogP contribution in [0.5, 0.6) is 0 Å². The molecule has 1 fully saturated rings. The molecular formula is C24H38F2S. The Morgan fingerprint density at radius 1 is 1.07 bits per heavy atom. The van der Waals surface area contributed by atoms with E-state index in [0.29, 0.717) is 22.1 Å². The highest BCUT2D eigenvalue weighted by Crippen LogP contribution is 2.50. The highest BCUT2D eigenvalue weighted by molar-refractivity contribution is 7.80. The van der Waals surface area contributed by atoms with Crippen molar-refractivity contribution in [2.24, 2.45) is 17.3 Å². The van der Waals surface area contributed by atoms with Crippen LogP contribution in [0.4, 0.5) is 8.78 Å². The Bertz CT molecular complexity index is 580. The van der Waals surface area contributed by atoms with Crippen LogP contribution in [0.2, 0.25) is 0 Å². The molecule has 1 aliphatic carbocycles. The fourth-order valence-corrected chi connectivity index (χ4v) is 5.60. The number of hydrogen-bond donors (Lipinski definition) is 1. The van der Waals surface area contributed by atoms with Gasteiger partial charge in [0, 0.05) is 5.25 Å². The van der Waals surface area contributed by atoms with Crippen LogP contribution in [0.15, 0.2) is 18.2 Å². The summed E-state index contributed by atoms with van der Waals surface area (Å²) in [5.74, 6) is 0.0693. The molecule has 0 N–H and O–H groups in total. The molecule has 3 heteroatoms. The minimum Gasteiger partial charge on any atom is -0.204 e. The first-order valence-corrected chi connectivity index (χ1v) is 11.5. The van der Waals surface area contributed by atoms with E-state index in [4.69, 9.17) is 0 Å². The Labute approximate surface area is 170 Å². The molecule has 1 aromatic rings. The molecule has 0 bridgehead atoms. The van der Waals surface area contributed by atoms with Crippen molar-refractivity contribution in [1.29, 1.82) is 0 Å². The van der Waals surface area contributed by atoms with E-state index in [0.717, 1.165) is 18.8 Å². The molecule has 0 saturated heterocycles. The molecule has 0 spiro atoms. The molecule has 0 aromatic heterocycles. The highest BCUT2D eigenvalue weighted by atomic mass is 32.1. The van der Waals surface area contributed by atoms with Gasteiger partial charge in [-0.2, -0.15) is 12.6 Å². The molecule has 2 rings (SSSR count). The van der Waals surface area contributed by atoms with Crippen LogP contribution < -0.4 is 0 Å². The Kier molecular flexibility index (Phi) is 8.65. The first-order chi connectivity index (χ1) is 12.8. The minimum absolute atomic E-state index is 0.0503. The molecule has 0 heterocycles. The van der Waals surface area contributed by atoms with Crippen molar-refractivity contribution in [2.75, 3.05) is 0 Å². The van der Waals surface area contributed by atoms with Crippen molar-refractivity contribution in [3.05, 3.63) is 35.4 Å². The summed E-state index contributed by atoms with van der Waals surface area (Å²) in [5, 5.41) is 0.572. The molecular weight excluding hydrogens is 358 g/mol. The molecule has 27 heavy (non-hydrogen) atoms. The third-order valence-corrected chi connectivity index (χ3v) is 7.94. The predicted octanol–water partition coefficient (Wildman–Crippen LogP) is 8.17. The van der Waals surface area contributed by atoms with E-state index < -0.39 is 11.6 Å². The standard InChI is InChI=1S/C24H38F2S/c1-5-8-18(24(4,6-2)19-13-15-20(27)16-14-19)12-11-17(3)21-9-7-10-22(25)23(21)26/h7,9-10,17-20,27H,5-6,8,11-16H2,1-4H3. The summed E-state index contributed by atoms with van der Waals surface area (Å²) in [7, 11) is 0. The van der Waals surface area contributed by atoms with Crippen LogP contribution in [0.1, 0.15) is 97.0 Å². The molecule has 0 amide bonds. The van der Waals surface area contributed by atoms with Gasteiger partial charge in [-0.3, -0.25) is 0 Å². The lowest BCUT2D eigenvalue weighted by molar-refractivity contribution is 0.0459. The molecule has 1 saturated carbocycles. The zero-order chi connectivity index (χ0) is 20.0. The summed E-state index contributed by atoms with van der Waals surface area (Å²) < 4.78 is 27.8. The van der Waals surface area contributed by atoms with Crippen LogP contribution in [0.3, 0.4) is 0 Å². The maximum atomic E-state index is 14.2. The van der Waals surface area contributed by atoms with E-state index in [1.165, 1.54) is 51.0 Å². The zero-order valence-corrected chi connectivity index (χ0v) is 18.5. The molecule has 0 radical (unpaired) electrons. The van der Waals surface area contributed by atoms with E-state index in [1.54, 1.807) is 12.1 Å². The summed E-state index contributed by atoms with van der Waals surface area (Å²) in [6.07, 6.45) is 10.6. The lowest BCUT2D eigenvalue weighted by Crippen LogP contribution is -2.37. The van der Waals surface area contributed by atoms with Crippen LogP contribution >= 0.6 is 12.6 Å². The van der Waals surface area contributed by atoms with Gasteiger partial charge in [0.05, 0.1) is 0 Å². The Morgan fingerprint density at radius 3 is 2.33 bits per heavy atom. The van der Waals surface area contributed by atoms with E-state index in [9.17, 15) is 8.78 Å². The minimum atomic E-state index is -0.730. The van der Waals surface area contributed by atoms with Crippen molar-refractivity contribution in [2.45, 2.75) is 96.7 Å². The van der Waals surface area contributed by atoms with Crippen LogP contribution in [-0.4, -0.2) is 5.25 Å². The van der Waals surface area contributed by atoms with Crippen molar-refractivity contribution in [3.8, 4) is 0 Å². The predicted molar refractivity (Wildman–Crippen MR) is 116 cm³/mol. The van der Waals surface area contributed by atoms with Crippen molar-refractivity contribution >= 4 is 12.6 Å². The van der Waals surface area contributed by atoms with Gasteiger partial charge >= 0.3 is 0 Å². The average Bonchev–Trinajstić information content (AvgIpc) is 2.67. The first kappa shape index (κ1) is 22.7. The van der Waals surface area contributed by atoms with E-state index >= 15 is 0 Å². The third kappa shape index (κ3) is 5.49. The summed E-state index contributed by atoms with van der Waals surface area (Å²) in [4.78, 5) is 0. The van der Waals surface area contributed by atoms with Gasteiger partial charge < -0.3 is 0 Å². The Balaban J connectivity index is 2.09. The first-order valence-electron chi connectivity index (χ1n) is 10.9. The number of thiol groups is 1. The maximum Gasteiger partial charge on any atom is 0.162 e. The van der Waals surface area contributed by atoms with Crippen molar-refractivity contribution < 1.29 is 8.78 Å². The average molecular weight is 397 g/mol. The van der Waals surface area contributed by atoms with Gasteiger partial charge in [0.2, 0.25) is 0 Å². The van der Waals surface area contributed by atoms with Gasteiger partial charge in [-0.15, -0.1) is 0 Å². The number of hydrogen-bond acceptors (Lipinski definition) is 1. The van der Waals surface area contributed by atoms with Crippen molar-refractivity contribution in [1.82, 2.24) is 0 Å². The quantitative estimate of drug-likeness (QED) is 0.400. The van der Waals surface area contributed by atoms with E-state index in [1.807, 2.05) is 6.92 Å². The smallest absolute Gasteiger partial charge is 0.162 e. The summed E-state index contributed by atoms with van der Waals surface area (Å²) >= 11 is 4.68. The Morgan fingerprint density at radius 2 is 1.74 bits per heavy atom. The fraction of sp³-hybridized carbons (Fsp3) is 0.750. The van der Waals surface area contributed by atoms with Crippen LogP contribution in [0, 0.1) is 28.9 Å². The number of benzene rings is 1. The normalized spacial score (nSPS) is 25.0. The van der Waals surface area contributed by atoms with Crippen molar-refractivity contribution in [3.63, 3.8) is 0 Å². The molecule has 3 unspecified atom stereocenters. The molecule has 154 valence electrons. The molecule has 1 aromatic carbocycles. The lowest BCUT2D eigenvalue weighted by Gasteiger charge is -2.46. The molecule has 0 nitrogen and oxygen atoms in total. The van der Waals surface area contributed by atoms with Gasteiger partial charge in [-0.05, 0) is 73.3 Å². The van der Waals surface area contributed by atoms with Gasteiger partial charge in [0.15, 0.2) is 11.6 Å². The number of halogens is 2. The Hall–Kier alpha value is -0.570. The van der Waals surface area contributed by atoms with Gasteiger partial charge in [0.1, 0.15) is 0 Å². The van der Waals surface area contributed by atoms with Crippen LogP contribution in [-0.2, 0) is 0 Å². The lowest BCUT2D eigenvalue weighted by atomic mass is 9.59. The van der Waals surface area contributed by atoms with Gasteiger partial charge in [0.25, 0.3) is 0 Å². The molecule has 1 aliphatic rings. The van der Waals surface area contributed by atoms with Gasteiger partial charge in [-0.1, -0.05) is 59.1 Å². The van der Waals surface area contributed by atoms with Crippen LogP contribution in [0.25, 0.3) is 0 Å². The third-order valence-electron chi connectivity index (χ3n) is 7.42. The SMILES string of the molecule is CCCC(CCC(C)c1cccc(F)c1F)C(C)(CC)C1CCC(S)CC1. The van der Waals surface area contributed by atoms with E-state index in [2.05, 4.69) is 33.4 Å². The zero-order valence-electron chi connectivity index (χ0n) is 17.6. The molecule has 0 aliphatic heterocycles. The summed E-state index contributed by atoms with van der Waals surface area (Å²) in [6, 6.07) is 4.57. The second-order valence-electron chi connectivity index (χ2n) is 8.97. The largest absolute Gasteiger partial charge is 0.204 e. The topological polar surface area (TPSA) is 0 Å². The second kappa shape index (κ2) is 10.3. The fourth-order valence-electron chi connectivity index (χ4n) is 5.31.